The summed E-state index contributed by atoms with van der Waals surface area (Å²) in [5.41, 5.74) is 4.09. The smallest absolute Gasteiger partial charge is 0.279 e. The standard InChI is InChI=1S/C23H20N2O2S/c1-15-13-20-21(14-16(15)2)28-23(25(20)3)24-22(26)17-9-11-19(12-10-17)27-18-7-5-4-6-8-18/h4-14H,1-3H3. The maximum absolute atomic E-state index is 12.6. The molecule has 0 N–H and O–H groups in total. The molecule has 0 unspecified atom stereocenters. The van der Waals surface area contributed by atoms with Gasteiger partial charge in [0.1, 0.15) is 11.5 Å². The van der Waals surface area contributed by atoms with Crippen LogP contribution in [-0.2, 0) is 7.05 Å². The molecular weight excluding hydrogens is 368 g/mol. The Hall–Kier alpha value is -3.18. The average molecular weight is 388 g/mol. The van der Waals surface area contributed by atoms with Crippen LogP contribution in [0.25, 0.3) is 10.2 Å². The lowest BCUT2D eigenvalue weighted by atomic mass is 10.1. The summed E-state index contributed by atoms with van der Waals surface area (Å²) in [6, 6.07) is 20.9. The molecule has 0 bridgehead atoms. The summed E-state index contributed by atoms with van der Waals surface area (Å²) in [5, 5.41) is 0. The Bertz CT molecular complexity index is 1220. The van der Waals surface area contributed by atoms with Crippen molar-refractivity contribution in [3.8, 4) is 11.5 Å². The van der Waals surface area contributed by atoms with Gasteiger partial charge in [-0.1, -0.05) is 29.5 Å². The highest BCUT2D eigenvalue weighted by molar-refractivity contribution is 7.16. The van der Waals surface area contributed by atoms with Crippen molar-refractivity contribution in [1.29, 1.82) is 0 Å². The number of thiazole rings is 1. The lowest BCUT2D eigenvalue weighted by Gasteiger charge is -2.05. The van der Waals surface area contributed by atoms with Crippen LogP contribution in [0.5, 0.6) is 11.5 Å². The van der Waals surface area contributed by atoms with Crippen LogP contribution in [0.1, 0.15) is 21.5 Å². The van der Waals surface area contributed by atoms with E-state index in [0.717, 1.165) is 16.0 Å². The normalized spacial score (nSPS) is 11.8. The molecule has 0 fully saturated rings. The highest BCUT2D eigenvalue weighted by Gasteiger charge is 2.09. The Labute approximate surface area is 167 Å². The van der Waals surface area contributed by atoms with Gasteiger partial charge in [-0.05, 0) is 73.5 Å². The Balaban J connectivity index is 1.61. The molecule has 4 rings (SSSR count). The molecule has 0 spiro atoms. The van der Waals surface area contributed by atoms with Gasteiger partial charge >= 0.3 is 0 Å². The van der Waals surface area contributed by atoms with E-state index in [4.69, 9.17) is 4.74 Å². The van der Waals surface area contributed by atoms with Gasteiger partial charge in [-0.25, -0.2) is 0 Å². The molecule has 0 aliphatic carbocycles. The highest BCUT2D eigenvalue weighted by Crippen LogP contribution is 2.22. The second-order valence-corrected chi connectivity index (χ2v) is 7.71. The third-order valence-electron chi connectivity index (χ3n) is 4.70. The zero-order valence-electron chi connectivity index (χ0n) is 16.0. The monoisotopic (exact) mass is 388 g/mol. The number of nitrogens with zero attached hydrogens (tertiary/aromatic N) is 2. The van der Waals surface area contributed by atoms with Crippen LogP contribution in [0.4, 0.5) is 0 Å². The molecule has 140 valence electrons. The van der Waals surface area contributed by atoms with Crippen molar-refractivity contribution < 1.29 is 9.53 Å². The van der Waals surface area contributed by atoms with Gasteiger partial charge in [0.2, 0.25) is 0 Å². The summed E-state index contributed by atoms with van der Waals surface area (Å²) < 4.78 is 8.87. The molecule has 0 saturated carbocycles. The molecule has 28 heavy (non-hydrogen) atoms. The molecular formula is C23H20N2O2S. The Morgan fingerprint density at radius 2 is 1.57 bits per heavy atom. The van der Waals surface area contributed by atoms with E-state index >= 15 is 0 Å². The fourth-order valence-corrected chi connectivity index (χ4v) is 4.02. The molecule has 0 atom stereocenters. The lowest BCUT2D eigenvalue weighted by Crippen LogP contribution is -2.13. The molecule has 1 heterocycles. The number of hydrogen-bond acceptors (Lipinski definition) is 3. The first-order chi connectivity index (χ1) is 13.5. The van der Waals surface area contributed by atoms with Crippen LogP contribution in [-0.4, -0.2) is 10.5 Å². The zero-order chi connectivity index (χ0) is 19.7. The van der Waals surface area contributed by atoms with E-state index in [2.05, 4.69) is 31.0 Å². The van der Waals surface area contributed by atoms with E-state index in [1.807, 2.05) is 41.9 Å². The second-order valence-electron chi connectivity index (χ2n) is 6.70. The predicted molar refractivity (Wildman–Crippen MR) is 113 cm³/mol. The number of carbonyl (C=O) groups is 1. The number of carbonyl (C=O) groups excluding carboxylic acids is 1. The van der Waals surface area contributed by atoms with Gasteiger partial charge in [0.05, 0.1) is 10.2 Å². The van der Waals surface area contributed by atoms with Gasteiger partial charge in [-0.2, -0.15) is 4.99 Å². The van der Waals surface area contributed by atoms with Crippen LogP contribution >= 0.6 is 11.3 Å². The van der Waals surface area contributed by atoms with Crippen LogP contribution in [0.15, 0.2) is 71.7 Å². The number of benzene rings is 3. The predicted octanol–water partition coefficient (Wildman–Crippen LogP) is 5.39. The van der Waals surface area contributed by atoms with Crippen molar-refractivity contribution in [3.63, 3.8) is 0 Å². The molecule has 0 aliphatic rings. The SMILES string of the molecule is Cc1cc2sc(=NC(=O)c3ccc(Oc4ccccc4)cc3)n(C)c2cc1C. The minimum absolute atomic E-state index is 0.262. The van der Waals surface area contributed by atoms with Gasteiger partial charge in [-0.3, -0.25) is 4.79 Å². The van der Waals surface area contributed by atoms with Crippen LogP contribution in [0.2, 0.25) is 0 Å². The zero-order valence-corrected chi connectivity index (χ0v) is 16.8. The number of fused-ring (bicyclic) bond motifs is 1. The fourth-order valence-electron chi connectivity index (χ4n) is 2.93. The third kappa shape index (κ3) is 3.62. The summed E-state index contributed by atoms with van der Waals surface area (Å²) >= 11 is 1.53. The van der Waals surface area contributed by atoms with E-state index in [1.54, 1.807) is 24.3 Å². The summed E-state index contributed by atoms with van der Waals surface area (Å²) in [4.78, 5) is 17.7. The van der Waals surface area contributed by atoms with Gasteiger partial charge < -0.3 is 9.30 Å². The van der Waals surface area contributed by atoms with Crippen molar-refractivity contribution >= 4 is 27.5 Å². The second kappa shape index (κ2) is 7.44. The van der Waals surface area contributed by atoms with Crippen LogP contribution in [0.3, 0.4) is 0 Å². The van der Waals surface area contributed by atoms with Crippen molar-refractivity contribution in [2.45, 2.75) is 13.8 Å². The van der Waals surface area contributed by atoms with Gasteiger partial charge in [0.15, 0.2) is 4.80 Å². The number of rotatable bonds is 3. The van der Waals surface area contributed by atoms with E-state index in [9.17, 15) is 4.79 Å². The van der Waals surface area contributed by atoms with E-state index < -0.39 is 0 Å². The molecule has 1 amide bonds. The summed E-state index contributed by atoms with van der Waals surface area (Å²) in [7, 11) is 1.94. The fraction of sp³-hybridized carbons (Fsp3) is 0.130. The van der Waals surface area contributed by atoms with Crippen LogP contribution < -0.4 is 9.54 Å². The molecule has 5 heteroatoms. The van der Waals surface area contributed by atoms with E-state index in [0.29, 0.717) is 16.1 Å². The average Bonchev–Trinajstić information content (AvgIpc) is 2.98. The summed E-state index contributed by atoms with van der Waals surface area (Å²) in [6.45, 7) is 4.18. The molecule has 1 aromatic heterocycles. The lowest BCUT2D eigenvalue weighted by molar-refractivity contribution is 0.0998. The van der Waals surface area contributed by atoms with E-state index in [-0.39, 0.29) is 5.91 Å². The maximum atomic E-state index is 12.6. The van der Waals surface area contributed by atoms with E-state index in [1.165, 1.54) is 22.5 Å². The van der Waals surface area contributed by atoms with Gasteiger partial charge in [-0.15, -0.1) is 0 Å². The number of hydrogen-bond donors (Lipinski definition) is 0. The van der Waals surface area contributed by atoms with Gasteiger partial charge in [0, 0.05) is 12.6 Å². The molecule has 0 saturated heterocycles. The molecule has 0 radical (unpaired) electrons. The highest BCUT2D eigenvalue weighted by atomic mass is 32.1. The van der Waals surface area contributed by atoms with Gasteiger partial charge in [0.25, 0.3) is 5.91 Å². The molecule has 4 nitrogen and oxygen atoms in total. The number of ether oxygens (including phenoxy) is 1. The maximum Gasteiger partial charge on any atom is 0.279 e. The number of para-hydroxylation sites is 1. The van der Waals surface area contributed by atoms with Crippen molar-refractivity contribution in [2.75, 3.05) is 0 Å². The number of aryl methyl sites for hydroxylation is 3. The van der Waals surface area contributed by atoms with Crippen molar-refractivity contribution in [3.05, 3.63) is 88.2 Å². The molecule has 0 aliphatic heterocycles. The number of aromatic nitrogens is 1. The first kappa shape index (κ1) is 18.2. The Morgan fingerprint density at radius 3 is 2.29 bits per heavy atom. The topological polar surface area (TPSA) is 43.6 Å². The number of amides is 1. The molecule has 4 aromatic rings. The quantitative estimate of drug-likeness (QED) is 0.472. The van der Waals surface area contributed by atoms with Crippen molar-refractivity contribution in [2.24, 2.45) is 12.0 Å². The van der Waals surface area contributed by atoms with Crippen LogP contribution in [0, 0.1) is 13.8 Å². The summed E-state index contributed by atoms with van der Waals surface area (Å²) in [6.07, 6.45) is 0. The Morgan fingerprint density at radius 1 is 0.929 bits per heavy atom. The minimum Gasteiger partial charge on any atom is -0.457 e. The van der Waals surface area contributed by atoms with Crippen molar-refractivity contribution in [1.82, 2.24) is 4.57 Å². The first-order valence-corrected chi connectivity index (χ1v) is 9.82. The minimum atomic E-state index is -0.262. The summed E-state index contributed by atoms with van der Waals surface area (Å²) in [5.74, 6) is 1.18. The third-order valence-corrected chi connectivity index (χ3v) is 5.80. The first-order valence-electron chi connectivity index (χ1n) is 9.00. The Kier molecular flexibility index (Phi) is 4.84. The largest absolute Gasteiger partial charge is 0.457 e. The molecule has 3 aromatic carbocycles.